The molecule has 211 valence electrons. The van der Waals surface area contributed by atoms with Gasteiger partial charge in [-0.3, -0.25) is 9.78 Å². The summed E-state index contributed by atoms with van der Waals surface area (Å²) in [5.74, 6) is 0.547. The topological polar surface area (TPSA) is 76.2 Å². The Morgan fingerprint density at radius 2 is 1.41 bits per heavy atom. The number of nitrogens with zero attached hydrogens (tertiary/aromatic N) is 2. The zero-order valence-corrected chi connectivity index (χ0v) is 26.1. The summed E-state index contributed by atoms with van der Waals surface area (Å²) >= 11 is 0. The van der Waals surface area contributed by atoms with Gasteiger partial charge < -0.3 is 9.52 Å². The minimum atomic E-state index is 0. The van der Waals surface area contributed by atoms with Crippen LogP contribution >= 0.6 is 0 Å². The first-order valence-electron chi connectivity index (χ1n) is 14.3. The smallest absolute Gasteiger partial charge is 0.162 e. The van der Waals surface area contributed by atoms with Gasteiger partial charge in [-0.1, -0.05) is 51.3 Å². The van der Waals surface area contributed by atoms with Gasteiger partial charge >= 0.3 is 0 Å². The third-order valence-electron chi connectivity index (χ3n) is 8.48. The summed E-state index contributed by atoms with van der Waals surface area (Å²) in [6.45, 7) is 8.07. The summed E-state index contributed by atoms with van der Waals surface area (Å²) in [7, 11) is 0. The molecule has 1 aliphatic rings. The van der Waals surface area contributed by atoms with Crippen molar-refractivity contribution < 1.29 is 34.4 Å². The van der Waals surface area contributed by atoms with Crippen LogP contribution < -0.4 is 0 Å². The van der Waals surface area contributed by atoms with E-state index in [1.54, 1.807) is 6.33 Å². The fraction of sp³-hybridized carbons (Fsp3) is 0.286. The molecule has 0 atom stereocenters. The molecule has 5 nitrogen and oxygen atoms in total. The molecule has 1 radical (unpaired) electrons. The molecule has 1 aliphatic carbocycles. The predicted octanol–water partition coefficient (Wildman–Crippen LogP) is 9.48. The Morgan fingerprint density at radius 3 is 2.10 bits per heavy atom. The number of rotatable bonds is 7. The van der Waals surface area contributed by atoms with Crippen molar-refractivity contribution in [3.63, 3.8) is 0 Å². The van der Waals surface area contributed by atoms with Gasteiger partial charge in [0.15, 0.2) is 5.78 Å². The molecule has 6 aromatic rings. The Labute approximate surface area is 253 Å². The molecule has 2 aromatic heterocycles. The number of carbonyl (C=O) groups is 1. The molecule has 0 fully saturated rings. The molecule has 4 aromatic carbocycles. The fourth-order valence-electron chi connectivity index (χ4n) is 6.18. The Bertz CT molecular complexity index is 1940. The Kier molecular flexibility index (Phi) is 8.26. The standard InChI is InChI=1S/C22H9N2O.C13H24O2.Ir/c1-2-11-4-5-12-6-8-15-20-18(12)17(11)13(3-1)22-19-14(23-10-24-22)7-9-16(25-15)21(19)20;1-5-10(6-2)12(14)9-13(15)11(7-3)8-4;/h1-2,4-10H;9-11,14H,5-8H2,1-4H3;/q-1;;/b;12-9-;. The van der Waals surface area contributed by atoms with E-state index in [0.717, 1.165) is 69.8 Å². The van der Waals surface area contributed by atoms with Crippen molar-refractivity contribution in [1.82, 2.24) is 9.97 Å². The summed E-state index contributed by atoms with van der Waals surface area (Å²) in [4.78, 5) is 20.9. The van der Waals surface area contributed by atoms with Crippen LogP contribution in [0.2, 0.25) is 0 Å². The molecule has 0 saturated heterocycles. The number of benzene rings is 4. The van der Waals surface area contributed by atoms with Gasteiger partial charge in [0.1, 0.15) is 17.5 Å². The molecule has 0 saturated carbocycles. The van der Waals surface area contributed by atoms with E-state index in [2.05, 4.69) is 46.4 Å². The van der Waals surface area contributed by atoms with E-state index in [4.69, 9.17) is 4.42 Å². The summed E-state index contributed by atoms with van der Waals surface area (Å²) < 4.78 is 6.17. The molecule has 1 N–H and O–H groups in total. The van der Waals surface area contributed by atoms with E-state index in [1.165, 1.54) is 27.6 Å². The number of carbonyl (C=O) groups excluding carboxylic acids is 1. The molecular weight excluding hydrogens is 689 g/mol. The second kappa shape index (κ2) is 11.7. The van der Waals surface area contributed by atoms with Crippen LogP contribution in [0, 0.1) is 17.9 Å². The number of hydrogen-bond acceptors (Lipinski definition) is 5. The van der Waals surface area contributed by atoms with Crippen LogP contribution in [0.5, 0.6) is 0 Å². The van der Waals surface area contributed by atoms with Crippen molar-refractivity contribution in [1.29, 1.82) is 0 Å². The van der Waals surface area contributed by atoms with Gasteiger partial charge in [-0.15, -0.1) is 29.1 Å². The van der Waals surface area contributed by atoms with Crippen LogP contribution in [0.1, 0.15) is 53.4 Å². The van der Waals surface area contributed by atoms with Gasteiger partial charge in [0, 0.05) is 54.5 Å². The summed E-state index contributed by atoms with van der Waals surface area (Å²) in [6, 6.07) is 20.1. The van der Waals surface area contributed by atoms with E-state index in [0.29, 0.717) is 0 Å². The number of aromatic nitrogens is 2. The number of aliphatic hydroxyl groups is 1. The van der Waals surface area contributed by atoms with Crippen molar-refractivity contribution in [2.45, 2.75) is 53.4 Å². The molecule has 7 rings (SSSR count). The number of hydrogen-bond donors (Lipinski definition) is 1. The summed E-state index contributed by atoms with van der Waals surface area (Å²) in [6.07, 6.45) is 6.55. The van der Waals surface area contributed by atoms with E-state index >= 15 is 0 Å². The third-order valence-corrected chi connectivity index (χ3v) is 8.48. The molecule has 2 heterocycles. The normalized spacial score (nSPS) is 12.4. The maximum absolute atomic E-state index is 11.7. The predicted molar refractivity (Wildman–Crippen MR) is 164 cm³/mol. The van der Waals surface area contributed by atoms with Gasteiger partial charge in [0.05, 0.1) is 11.3 Å². The maximum atomic E-state index is 11.7. The minimum absolute atomic E-state index is 0. The largest absolute Gasteiger partial charge is 0.512 e. The fourth-order valence-corrected chi connectivity index (χ4v) is 6.18. The zero-order chi connectivity index (χ0) is 28.0. The van der Waals surface area contributed by atoms with E-state index in [-0.39, 0.29) is 43.5 Å². The van der Waals surface area contributed by atoms with Crippen LogP contribution in [-0.2, 0) is 24.9 Å². The molecule has 0 unspecified atom stereocenters. The van der Waals surface area contributed by atoms with Crippen molar-refractivity contribution in [3.8, 4) is 11.3 Å². The van der Waals surface area contributed by atoms with E-state index < -0.39 is 0 Å². The van der Waals surface area contributed by atoms with E-state index in [1.807, 2.05) is 45.9 Å². The molecule has 0 aliphatic heterocycles. The van der Waals surface area contributed by atoms with Gasteiger partial charge in [-0.05, 0) is 60.0 Å². The quantitative estimate of drug-likeness (QED) is 0.0769. The Morgan fingerprint density at radius 1 is 0.805 bits per heavy atom. The molecule has 0 spiro atoms. The number of furan rings is 1. The average Bonchev–Trinajstić information content (AvgIpc) is 3.30. The third kappa shape index (κ3) is 4.73. The van der Waals surface area contributed by atoms with Crippen LogP contribution in [-0.4, -0.2) is 20.9 Å². The van der Waals surface area contributed by atoms with Crippen molar-refractivity contribution in [2.75, 3.05) is 0 Å². The van der Waals surface area contributed by atoms with Crippen LogP contribution in [0.3, 0.4) is 0 Å². The minimum Gasteiger partial charge on any atom is -0.512 e. The number of ketones is 1. The first-order valence-corrected chi connectivity index (χ1v) is 14.3. The SMILES string of the molecule is CCC(CC)C(=O)/C=C(\O)C(CC)CC.[Ir].[c-]1ccc2ccc3ccc4oc5ccc6ncnc7c6c5c4c3c2c1-7. The van der Waals surface area contributed by atoms with E-state index in [9.17, 15) is 9.90 Å². The van der Waals surface area contributed by atoms with Crippen molar-refractivity contribution in [3.05, 3.63) is 72.8 Å². The van der Waals surface area contributed by atoms with Crippen molar-refractivity contribution >= 4 is 60.2 Å². The number of aliphatic hydroxyl groups excluding tert-OH is 1. The zero-order valence-electron chi connectivity index (χ0n) is 23.7. The maximum Gasteiger partial charge on any atom is 0.162 e. The van der Waals surface area contributed by atoms with Gasteiger partial charge in [-0.2, -0.15) is 0 Å². The molecule has 41 heavy (non-hydrogen) atoms. The van der Waals surface area contributed by atoms with Crippen LogP contribution in [0.4, 0.5) is 0 Å². The average molecular weight is 722 g/mol. The van der Waals surface area contributed by atoms with Crippen LogP contribution in [0.15, 0.2) is 71.1 Å². The van der Waals surface area contributed by atoms with Gasteiger partial charge in [0.2, 0.25) is 0 Å². The Balaban J connectivity index is 0.000000186. The van der Waals surface area contributed by atoms with Gasteiger partial charge in [0.25, 0.3) is 0 Å². The molecule has 0 bridgehead atoms. The number of allylic oxidation sites excluding steroid dienone is 2. The second-order valence-corrected chi connectivity index (χ2v) is 10.6. The number of fused-ring (bicyclic) bond motifs is 1. The van der Waals surface area contributed by atoms with Crippen molar-refractivity contribution in [2.24, 2.45) is 11.8 Å². The first-order chi connectivity index (χ1) is 19.5. The summed E-state index contributed by atoms with van der Waals surface area (Å²) in [5, 5.41) is 17.9. The monoisotopic (exact) mass is 722 g/mol. The second-order valence-electron chi connectivity index (χ2n) is 10.6. The summed E-state index contributed by atoms with van der Waals surface area (Å²) in [5.41, 5.74) is 4.72. The molecule has 6 heteroatoms. The molecular formula is C35H33IrN2O3-. The Hall–Kier alpha value is -3.60. The first kappa shape index (κ1) is 28.9. The molecule has 0 amide bonds. The van der Waals surface area contributed by atoms with Crippen LogP contribution in [0.25, 0.3) is 65.6 Å². The van der Waals surface area contributed by atoms with Gasteiger partial charge in [-0.25, -0.2) is 4.98 Å².